The van der Waals surface area contributed by atoms with Crippen molar-refractivity contribution in [2.45, 2.75) is 31.4 Å². The molecule has 0 saturated carbocycles. The lowest BCUT2D eigenvalue weighted by Gasteiger charge is -2.41. The zero-order chi connectivity index (χ0) is 15.7. The molecule has 6 heteroatoms. The molecule has 2 aromatic rings. The van der Waals surface area contributed by atoms with E-state index in [9.17, 15) is 4.21 Å². The molecule has 1 atom stereocenters. The summed E-state index contributed by atoms with van der Waals surface area (Å²) in [6.07, 6.45) is 1.80. The minimum absolute atomic E-state index is 0.165. The van der Waals surface area contributed by atoms with Crippen LogP contribution in [0.5, 0.6) is 0 Å². The molecule has 0 amide bonds. The Morgan fingerprint density at radius 2 is 2.00 bits per heavy atom. The summed E-state index contributed by atoms with van der Waals surface area (Å²) in [7, 11) is -0.792. The van der Waals surface area contributed by atoms with E-state index in [1.54, 1.807) is 0 Å². The number of nitrogens with zero attached hydrogens (tertiary/aromatic N) is 3. The van der Waals surface area contributed by atoms with E-state index < -0.39 is 10.8 Å². The fraction of sp³-hybridized carbons (Fsp3) is 0.500. The van der Waals surface area contributed by atoms with Crippen LogP contribution in [-0.2, 0) is 10.8 Å². The number of benzene rings is 1. The Bertz CT molecular complexity index is 714. The van der Waals surface area contributed by atoms with Gasteiger partial charge < -0.3 is 10.6 Å². The SMILES string of the molecule is CCC1(CC)CN(c2nc(N)c3ccccc3n2)CCS1=O. The highest BCUT2D eigenvalue weighted by atomic mass is 32.2. The summed E-state index contributed by atoms with van der Waals surface area (Å²) >= 11 is 0. The highest BCUT2D eigenvalue weighted by molar-refractivity contribution is 7.86. The van der Waals surface area contributed by atoms with Crippen LogP contribution in [0.25, 0.3) is 10.9 Å². The van der Waals surface area contributed by atoms with Crippen LogP contribution in [0.3, 0.4) is 0 Å². The van der Waals surface area contributed by atoms with Crippen LogP contribution >= 0.6 is 0 Å². The van der Waals surface area contributed by atoms with Crippen LogP contribution in [-0.4, -0.2) is 37.8 Å². The van der Waals surface area contributed by atoms with Crippen LogP contribution in [0.15, 0.2) is 24.3 Å². The second-order valence-electron chi connectivity index (χ2n) is 5.79. The molecular formula is C16H22N4OS. The maximum atomic E-state index is 12.5. The first-order chi connectivity index (χ1) is 10.6. The molecule has 118 valence electrons. The summed E-state index contributed by atoms with van der Waals surface area (Å²) in [6.45, 7) is 5.66. The van der Waals surface area contributed by atoms with Crippen molar-refractivity contribution in [1.82, 2.24) is 9.97 Å². The summed E-state index contributed by atoms with van der Waals surface area (Å²) in [5.74, 6) is 1.82. The van der Waals surface area contributed by atoms with Gasteiger partial charge in [0.15, 0.2) is 0 Å². The lowest BCUT2D eigenvalue weighted by Crippen LogP contribution is -2.53. The molecule has 1 unspecified atom stereocenters. The molecule has 1 fully saturated rings. The van der Waals surface area contributed by atoms with Crippen LogP contribution in [0, 0.1) is 0 Å². The fourth-order valence-electron chi connectivity index (χ4n) is 3.10. The number of para-hydroxylation sites is 1. The molecule has 22 heavy (non-hydrogen) atoms. The van der Waals surface area contributed by atoms with Gasteiger partial charge in [-0.3, -0.25) is 4.21 Å². The zero-order valence-corrected chi connectivity index (χ0v) is 13.9. The van der Waals surface area contributed by atoms with E-state index >= 15 is 0 Å². The molecule has 0 bridgehead atoms. The van der Waals surface area contributed by atoms with Gasteiger partial charge >= 0.3 is 0 Å². The van der Waals surface area contributed by atoms with Crippen molar-refractivity contribution in [2.75, 3.05) is 29.5 Å². The van der Waals surface area contributed by atoms with Gasteiger partial charge in [-0.25, -0.2) is 4.98 Å². The van der Waals surface area contributed by atoms with Gasteiger partial charge in [0.2, 0.25) is 5.95 Å². The van der Waals surface area contributed by atoms with Gasteiger partial charge in [-0.1, -0.05) is 26.0 Å². The van der Waals surface area contributed by atoms with E-state index in [-0.39, 0.29) is 4.75 Å². The van der Waals surface area contributed by atoms with Crippen molar-refractivity contribution < 1.29 is 4.21 Å². The van der Waals surface area contributed by atoms with E-state index in [0.717, 1.165) is 30.3 Å². The van der Waals surface area contributed by atoms with E-state index in [1.165, 1.54) is 0 Å². The largest absolute Gasteiger partial charge is 0.383 e. The Labute approximate surface area is 133 Å². The third-order valence-corrected chi connectivity index (χ3v) is 6.93. The number of aromatic nitrogens is 2. The van der Waals surface area contributed by atoms with E-state index in [2.05, 4.69) is 28.7 Å². The summed E-state index contributed by atoms with van der Waals surface area (Å²) in [6, 6.07) is 7.77. The predicted molar refractivity (Wildman–Crippen MR) is 92.5 cm³/mol. The average molecular weight is 318 g/mol. The van der Waals surface area contributed by atoms with Crippen molar-refractivity contribution in [2.24, 2.45) is 0 Å². The Kier molecular flexibility index (Phi) is 4.04. The van der Waals surface area contributed by atoms with Gasteiger partial charge in [-0.05, 0) is 25.0 Å². The minimum Gasteiger partial charge on any atom is -0.383 e. The van der Waals surface area contributed by atoms with Gasteiger partial charge in [0, 0.05) is 35.0 Å². The van der Waals surface area contributed by atoms with E-state index in [0.29, 0.717) is 24.1 Å². The Morgan fingerprint density at radius 3 is 2.73 bits per heavy atom. The number of hydrogen-bond acceptors (Lipinski definition) is 5. The molecule has 2 heterocycles. The van der Waals surface area contributed by atoms with Crippen molar-refractivity contribution in [1.29, 1.82) is 0 Å². The lowest BCUT2D eigenvalue weighted by molar-refractivity contribution is 0.493. The van der Waals surface area contributed by atoms with Crippen LogP contribution in [0.4, 0.5) is 11.8 Å². The second kappa shape index (κ2) is 5.83. The number of anilines is 2. The van der Waals surface area contributed by atoms with Gasteiger partial charge in [0.1, 0.15) is 5.82 Å². The topological polar surface area (TPSA) is 72.1 Å². The van der Waals surface area contributed by atoms with Crippen molar-refractivity contribution in [3.63, 3.8) is 0 Å². The molecular weight excluding hydrogens is 296 g/mol. The number of nitrogen functional groups attached to an aromatic ring is 1. The number of rotatable bonds is 3. The molecule has 1 saturated heterocycles. The van der Waals surface area contributed by atoms with Gasteiger partial charge in [0.25, 0.3) is 0 Å². The predicted octanol–water partition coefficient (Wildman–Crippen LogP) is 2.34. The molecule has 0 aliphatic carbocycles. The van der Waals surface area contributed by atoms with E-state index in [4.69, 9.17) is 5.73 Å². The molecule has 2 N–H and O–H groups in total. The zero-order valence-electron chi connectivity index (χ0n) is 13.1. The fourth-order valence-corrected chi connectivity index (χ4v) is 4.87. The quantitative estimate of drug-likeness (QED) is 0.940. The first kappa shape index (κ1) is 15.2. The molecule has 1 aliphatic heterocycles. The Balaban J connectivity index is 1.99. The van der Waals surface area contributed by atoms with Gasteiger partial charge in [0.05, 0.1) is 10.3 Å². The lowest BCUT2D eigenvalue weighted by atomic mass is 10.0. The Hall–Kier alpha value is -1.69. The molecule has 3 rings (SSSR count). The molecule has 0 spiro atoms. The van der Waals surface area contributed by atoms with Crippen LogP contribution < -0.4 is 10.6 Å². The highest BCUT2D eigenvalue weighted by Gasteiger charge is 2.39. The standard InChI is InChI=1S/C16H22N4OS/c1-3-16(4-2)11-20(9-10-22(16)21)15-18-13-8-6-5-7-12(13)14(17)19-15/h5-8H,3-4,9-11H2,1-2H3,(H2,17,18,19). The smallest absolute Gasteiger partial charge is 0.227 e. The van der Waals surface area contributed by atoms with Gasteiger partial charge in [-0.15, -0.1) is 0 Å². The number of nitrogens with two attached hydrogens (primary N) is 1. The number of hydrogen-bond donors (Lipinski definition) is 1. The summed E-state index contributed by atoms with van der Waals surface area (Å²) in [5.41, 5.74) is 6.94. The second-order valence-corrected chi connectivity index (χ2v) is 7.75. The molecule has 0 radical (unpaired) electrons. The van der Waals surface area contributed by atoms with Gasteiger partial charge in [-0.2, -0.15) is 4.98 Å². The summed E-state index contributed by atoms with van der Waals surface area (Å²) in [5, 5.41) is 0.879. The highest BCUT2D eigenvalue weighted by Crippen LogP contribution is 2.31. The first-order valence-corrected chi connectivity index (χ1v) is 9.07. The number of fused-ring (bicyclic) bond motifs is 1. The monoisotopic (exact) mass is 318 g/mol. The van der Waals surface area contributed by atoms with E-state index in [1.807, 2.05) is 24.3 Å². The third-order valence-electron chi connectivity index (χ3n) is 4.70. The summed E-state index contributed by atoms with van der Waals surface area (Å²) in [4.78, 5) is 11.3. The average Bonchev–Trinajstić information content (AvgIpc) is 2.55. The minimum atomic E-state index is -0.792. The Morgan fingerprint density at radius 1 is 1.27 bits per heavy atom. The maximum absolute atomic E-state index is 12.5. The van der Waals surface area contributed by atoms with Crippen molar-refractivity contribution >= 4 is 33.5 Å². The molecule has 1 aromatic heterocycles. The molecule has 5 nitrogen and oxygen atoms in total. The van der Waals surface area contributed by atoms with Crippen molar-refractivity contribution in [3.05, 3.63) is 24.3 Å². The van der Waals surface area contributed by atoms with Crippen LogP contribution in [0.2, 0.25) is 0 Å². The normalized spacial score (nSPS) is 21.2. The summed E-state index contributed by atoms with van der Waals surface area (Å²) < 4.78 is 12.3. The first-order valence-electron chi connectivity index (χ1n) is 7.75. The third kappa shape index (κ3) is 2.45. The molecule has 1 aliphatic rings. The maximum Gasteiger partial charge on any atom is 0.227 e. The van der Waals surface area contributed by atoms with Crippen LogP contribution in [0.1, 0.15) is 26.7 Å². The molecule has 1 aromatic carbocycles. The van der Waals surface area contributed by atoms with Crippen molar-refractivity contribution in [3.8, 4) is 0 Å².